The molecule has 0 atom stereocenters. The van der Waals surface area contributed by atoms with Gasteiger partial charge in [-0.3, -0.25) is 5.10 Å². The van der Waals surface area contributed by atoms with Gasteiger partial charge in [-0.05, 0) is 29.6 Å². The van der Waals surface area contributed by atoms with Crippen LogP contribution in [-0.2, 0) is 6.18 Å². The number of hydrogen-bond donors (Lipinski definition) is 2. The van der Waals surface area contributed by atoms with Crippen molar-refractivity contribution in [2.45, 2.75) is 52.6 Å². The van der Waals surface area contributed by atoms with Gasteiger partial charge in [0.2, 0.25) is 0 Å². The summed E-state index contributed by atoms with van der Waals surface area (Å²) in [6.45, 7) is 8.38. The number of halogens is 3. The molecule has 1 heterocycles. The maximum Gasteiger partial charge on any atom is 0.435 e. The number of aromatic amines is 1. The number of nitrogens with one attached hydrogen (secondary N) is 1. The van der Waals surface area contributed by atoms with Crippen LogP contribution in [-0.4, -0.2) is 10.2 Å². The summed E-state index contributed by atoms with van der Waals surface area (Å²) in [4.78, 5) is 0. The fraction of sp³-hybridized carbons (Fsp3) is 0.769. The van der Waals surface area contributed by atoms with Gasteiger partial charge in [-0.15, -0.1) is 0 Å². The second kappa shape index (κ2) is 3.90. The Morgan fingerprint density at radius 2 is 1.63 bits per heavy atom. The van der Waals surface area contributed by atoms with Crippen molar-refractivity contribution >= 4 is 5.82 Å². The second-order valence-electron chi connectivity index (χ2n) is 6.77. The van der Waals surface area contributed by atoms with Gasteiger partial charge in [-0.2, -0.15) is 18.3 Å². The number of alkyl halides is 3. The van der Waals surface area contributed by atoms with E-state index in [4.69, 9.17) is 5.73 Å². The van der Waals surface area contributed by atoms with Crippen LogP contribution in [0.5, 0.6) is 0 Å². The van der Waals surface area contributed by atoms with Crippen LogP contribution in [0.15, 0.2) is 0 Å². The maximum absolute atomic E-state index is 13.0. The SMILES string of the molecule is CC1(C)CC(c2c(C(F)(F)F)n[nH]c2N)CC1(C)C. The molecule has 0 radical (unpaired) electrons. The van der Waals surface area contributed by atoms with Gasteiger partial charge in [0.15, 0.2) is 5.69 Å². The summed E-state index contributed by atoms with van der Waals surface area (Å²) in [5.74, 6) is -0.147. The van der Waals surface area contributed by atoms with Crippen LogP contribution in [0, 0.1) is 10.8 Å². The molecule has 108 valence electrons. The van der Waals surface area contributed by atoms with Gasteiger partial charge >= 0.3 is 6.18 Å². The molecule has 0 amide bonds. The van der Waals surface area contributed by atoms with E-state index < -0.39 is 11.9 Å². The lowest BCUT2D eigenvalue weighted by Crippen LogP contribution is -2.25. The Morgan fingerprint density at radius 1 is 1.16 bits per heavy atom. The molecule has 1 saturated carbocycles. The Bertz CT molecular complexity index is 470. The van der Waals surface area contributed by atoms with Gasteiger partial charge in [0.25, 0.3) is 0 Å². The lowest BCUT2D eigenvalue weighted by Gasteiger charge is -2.34. The van der Waals surface area contributed by atoms with Crippen molar-refractivity contribution in [2.75, 3.05) is 5.73 Å². The van der Waals surface area contributed by atoms with E-state index in [0.717, 1.165) is 0 Å². The molecule has 19 heavy (non-hydrogen) atoms. The highest BCUT2D eigenvalue weighted by Crippen LogP contribution is 2.59. The number of aromatic nitrogens is 2. The van der Waals surface area contributed by atoms with Crippen molar-refractivity contribution in [1.82, 2.24) is 10.2 Å². The summed E-state index contributed by atoms with van der Waals surface area (Å²) in [6, 6.07) is 0. The fourth-order valence-corrected chi connectivity index (χ4v) is 3.05. The summed E-state index contributed by atoms with van der Waals surface area (Å²) in [5.41, 5.74) is 4.92. The topological polar surface area (TPSA) is 54.7 Å². The zero-order valence-electron chi connectivity index (χ0n) is 11.7. The molecule has 0 bridgehead atoms. The quantitative estimate of drug-likeness (QED) is 0.815. The maximum atomic E-state index is 13.0. The van der Waals surface area contributed by atoms with E-state index in [2.05, 4.69) is 37.9 Å². The number of nitrogens with zero attached hydrogens (tertiary/aromatic N) is 1. The first-order valence-electron chi connectivity index (χ1n) is 6.37. The van der Waals surface area contributed by atoms with Crippen molar-refractivity contribution < 1.29 is 13.2 Å². The molecule has 1 aliphatic rings. The molecule has 0 aliphatic heterocycles. The molecule has 1 aromatic heterocycles. The molecule has 0 unspecified atom stereocenters. The summed E-state index contributed by atoms with van der Waals surface area (Å²) in [6.07, 6.45) is -3.08. The lowest BCUT2D eigenvalue weighted by molar-refractivity contribution is -0.142. The van der Waals surface area contributed by atoms with E-state index in [1.54, 1.807) is 0 Å². The van der Waals surface area contributed by atoms with E-state index in [1.165, 1.54) is 0 Å². The molecule has 1 fully saturated rings. The first kappa shape index (κ1) is 14.2. The van der Waals surface area contributed by atoms with Crippen molar-refractivity contribution in [3.63, 3.8) is 0 Å². The fourth-order valence-electron chi connectivity index (χ4n) is 3.05. The van der Waals surface area contributed by atoms with Crippen molar-refractivity contribution in [2.24, 2.45) is 10.8 Å². The molecular weight excluding hydrogens is 255 g/mol. The number of rotatable bonds is 1. The molecule has 2 rings (SSSR count). The predicted molar refractivity (Wildman–Crippen MR) is 67.5 cm³/mol. The molecule has 0 aromatic carbocycles. The molecule has 0 spiro atoms. The lowest BCUT2D eigenvalue weighted by atomic mass is 9.71. The largest absolute Gasteiger partial charge is 0.435 e. The molecule has 6 heteroatoms. The third-order valence-electron chi connectivity index (χ3n) is 4.86. The van der Waals surface area contributed by atoms with Crippen molar-refractivity contribution in [1.29, 1.82) is 0 Å². The summed E-state index contributed by atoms with van der Waals surface area (Å²) < 4.78 is 38.9. The van der Waals surface area contributed by atoms with Crippen LogP contribution in [0.4, 0.5) is 19.0 Å². The summed E-state index contributed by atoms with van der Waals surface area (Å²) in [7, 11) is 0. The van der Waals surface area contributed by atoms with E-state index in [9.17, 15) is 13.2 Å². The Labute approximate surface area is 110 Å². The predicted octanol–water partition coefficient (Wildman–Crippen LogP) is 3.94. The van der Waals surface area contributed by atoms with Crippen LogP contribution in [0.25, 0.3) is 0 Å². The van der Waals surface area contributed by atoms with Gasteiger partial charge in [-0.1, -0.05) is 27.7 Å². The molecule has 3 N–H and O–H groups in total. The van der Waals surface area contributed by atoms with E-state index >= 15 is 0 Å². The van der Waals surface area contributed by atoms with Crippen LogP contribution in [0.2, 0.25) is 0 Å². The Morgan fingerprint density at radius 3 is 2.05 bits per heavy atom. The minimum Gasteiger partial charge on any atom is -0.384 e. The number of nitrogen functional groups attached to an aromatic ring is 1. The van der Waals surface area contributed by atoms with E-state index in [-0.39, 0.29) is 28.1 Å². The first-order valence-corrected chi connectivity index (χ1v) is 6.37. The highest BCUT2D eigenvalue weighted by Gasteiger charge is 2.50. The van der Waals surface area contributed by atoms with Gasteiger partial charge in [0.1, 0.15) is 5.82 Å². The van der Waals surface area contributed by atoms with Crippen molar-refractivity contribution in [3.8, 4) is 0 Å². The average molecular weight is 275 g/mol. The molecular formula is C13H20F3N3. The van der Waals surface area contributed by atoms with Gasteiger partial charge in [0, 0.05) is 5.56 Å². The Balaban J connectivity index is 2.43. The van der Waals surface area contributed by atoms with E-state index in [1.807, 2.05) is 0 Å². The minimum atomic E-state index is -4.46. The van der Waals surface area contributed by atoms with Crippen LogP contribution in [0.1, 0.15) is 57.7 Å². The van der Waals surface area contributed by atoms with Crippen LogP contribution in [0.3, 0.4) is 0 Å². The normalized spacial score (nSPS) is 22.9. The summed E-state index contributed by atoms with van der Waals surface area (Å²) >= 11 is 0. The van der Waals surface area contributed by atoms with E-state index in [0.29, 0.717) is 12.8 Å². The number of H-pyrrole nitrogens is 1. The zero-order chi connectivity index (χ0) is 14.6. The smallest absolute Gasteiger partial charge is 0.384 e. The average Bonchev–Trinajstić information content (AvgIpc) is 2.65. The minimum absolute atomic E-state index is 0.0236. The van der Waals surface area contributed by atoms with Gasteiger partial charge in [0.05, 0.1) is 0 Å². The number of anilines is 1. The molecule has 3 nitrogen and oxygen atoms in total. The van der Waals surface area contributed by atoms with Gasteiger partial charge in [-0.25, -0.2) is 0 Å². The number of hydrogen-bond acceptors (Lipinski definition) is 2. The van der Waals surface area contributed by atoms with Crippen LogP contribution >= 0.6 is 0 Å². The zero-order valence-corrected chi connectivity index (χ0v) is 11.7. The highest BCUT2D eigenvalue weighted by molar-refractivity contribution is 5.46. The van der Waals surface area contributed by atoms with Gasteiger partial charge < -0.3 is 5.73 Å². The summed E-state index contributed by atoms with van der Waals surface area (Å²) in [5, 5.41) is 5.64. The standard InChI is InChI=1S/C13H20F3N3/c1-11(2)5-7(6-12(11,3)4)8-9(13(14,15)16)18-19-10(8)17/h7H,5-6H2,1-4H3,(H3,17,18,19). The van der Waals surface area contributed by atoms with Crippen molar-refractivity contribution in [3.05, 3.63) is 11.3 Å². The molecule has 1 aromatic rings. The first-order chi connectivity index (χ1) is 8.46. The number of nitrogens with two attached hydrogens (primary N) is 1. The highest BCUT2D eigenvalue weighted by atomic mass is 19.4. The Kier molecular flexibility index (Phi) is 2.92. The second-order valence-corrected chi connectivity index (χ2v) is 6.77. The Hall–Kier alpha value is -1.20. The van der Waals surface area contributed by atoms with Crippen LogP contribution < -0.4 is 5.73 Å². The third-order valence-corrected chi connectivity index (χ3v) is 4.86. The third kappa shape index (κ3) is 2.21. The molecule has 0 saturated heterocycles. The molecule has 1 aliphatic carbocycles. The monoisotopic (exact) mass is 275 g/mol.